The summed E-state index contributed by atoms with van der Waals surface area (Å²) in [5.41, 5.74) is 1.27. The number of benzene rings is 1. The third-order valence-electron chi connectivity index (χ3n) is 2.68. The monoisotopic (exact) mass is 221 g/mol. The zero-order chi connectivity index (χ0) is 11.8. The predicted octanol–water partition coefficient (Wildman–Crippen LogP) is 3.11. The van der Waals surface area contributed by atoms with Crippen molar-refractivity contribution < 1.29 is 4.74 Å². The first-order valence-electron chi connectivity index (χ1n) is 6.18. The molecule has 0 spiro atoms. The van der Waals surface area contributed by atoms with Crippen LogP contribution in [0.25, 0.3) is 0 Å². The molecule has 0 fully saturated rings. The summed E-state index contributed by atoms with van der Waals surface area (Å²) < 4.78 is 5.70. The van der Waals surface area contributed by atoms with E-state index in [0.717, 1.165) is 32.0 Å². The van der Waals surface area contributed by atoms with Gasteiger partial charge in [-0.15, -0.1) is 0 Å². The van der Waals surface area contributed by atoms with Crippen LogP contribution in [0.5, 0.6) is 5.75 Å². The number of hydrogen-bond donors (Lipinski definition) is 0. The zero-order valence-electron chi connectivity index (χ0n) is 10.7. The fourth-order valence-electron chi connectivity index (χ4n) is 1.67. The predicted molar refractivity (Wildman–Crippen MR) is 69.1 cm³/mol. The quantitative estimate of drug-likeness (QED) is 0.701. The molecule has 2 nitrogen and oxygen atoms in total. The molecule has 0 aliphatic carbocycles. The van der Waals surface area contributed by atoms with Crippen LogP contribution >= 0.6 is 0 Å². The Hall–Kier alpha value is -1.02. The highest BCUT2D eigenvalue weighted by Gasteiger charge is 2.00. The minimum atomic E-state index is 0.775. The fraction of sp³-hybridized carbons (Fsp3) is 0.571. The van der Waals surface area contributed by atoms with Crippen molar-refractivity contribution >= 4 is 0 Å². The van der Waals surface area contributed by atoms with Crippen LogP contribution in [0.4, 0.5) is 0 Å². The Morgan fingerprint density at radius 1 is 1.06 bits per heavy atom. The molecular weight excluding hydrogens is 198 g/mol. The molecule has 1 aromatic carbocycles. The lowest BCUT2D eigenvalue weighted by atomic mass is 10.2. The zero-order valence-corrected chi connectivity index (χ0v) is 10.7. The van der Waals surface area contributed by atoms with Crippen molar-refractivity contribution in [3.8, 4) is 5.75 Å². The largest absolute Gasteiger partial charge is 0.492 e. The lowest BCUT2D eigenvalue weighted by molar-refractivity contribution is 0.216. The Kier molecular flexibility index (Phi) is 5.94. The first-order valence-corrected chi connectivity index (χ1v) is 6.18. The van der Waals surface area contributed by atoms with E-state index in [1.54, 1.807) is 0 Å². The van der Waals surface area contributed by atoms with E-state index >= 15 is 0 Å². The van der Waals surface area contributed by atoms with E-state index in [4.69, 9.17) is 4.74 Å². The summed E-state index contributed by atoms with van der Waals surface area (Å²) in [5.74, 6) is 0.971. The van der Waals surface area contributed by atoms with Crippen LogP contribution in [0.15, 0.2) is 24.3 Å². The van der Waals surface area contributed by atoms with Gasteiger partial charge in [0, 0.05) is 6.54 Å². The van der Waals surface area contributed by atoms with Gasteiger partial charge in [-0.2, -0.15) is 0 Å². The lowest BCUT2D eigenvalue weighted by Crippen LogP contribution is -2.28. The first-order chi connectivity index (χ1) is 7.76. The Labute approximate surface area is 99.2 Å². The molecule has 0 heterocycles. The Bertz CT molecular complexity index is 281. The average molecular weight is 221 g/mol. The second-order valence-electron chi connectivity index (χ2n) is 4.10. The highest BCUT2D eigenvalue weighted by molar-refractivity contribution is 5.26. The van der Waals surface area contributed by atoms with Crippen molar-refractivity contribution in [2.75, 3.05) is 26.2 Å². The maximum Gasteiger partial charge on any atom is 0.119 e. The number of rotatable bonds is 7. The Morgan fingerprint density at radius 3 is 2.31 bits per heavy atom. The summed E-state index contributed by atoms with van der Waals surface area (Å²) in [6.45, 7) is 10.5. The van der Waals surface area contributed by atoms with Crippen LogP contribution < -0.4 is 4.74 Å². The smallest absolute Gasteiger partial charge is 0.119 e. The normalized spacial score (nSPS) is 10.8. The molecule has 0 atom stereocenters. The van der Waals surface area contributed by atoms with E-state index in [-0.39, 0.29) is 0 Å². The Morgan fingerprint density at radius 2 is 1.75 bits per heavy atom. The second-order valence-corrected chi connectivity index (χ2v) is 4.10. The van der Waals surface area contributed by atoms with Crippen molar-refractivity contribution in [3.05, 3.63) is 29.8 Å². The molecule has 0 radical (unpaired) electrons. The standard InChI is InChI=1S/C14H23NO/c1-4-10-15(5-2)11-12-16-14-8-6-13(3)7-9-14/h6-9H,4-5,10-12H2,1-3H3. The van der Waals surface area contributed by atoms with Crippen LogP contribution in [-0.2, 0) is 0 Å². The van der Waals surface area contributed by atoms with Crippen LogP contribution in [0.1, 0.15) is 25.8 Å². The molecule has 2 heteroatoms. The van der Waals surface area contributed by atoms with Gasteiger partial charge in [0.15, 0.2) is 0 Å². The first kappa shape index (κ1) is 13.0. The number of likely N-dealkylation sites (N-methyl/N-ethyl adjacent to an activating group) is 1. The average Bonchev–Trinajstić information content (AvgIpc) is 2.30. The van der Waals surface area contributed by atoms with E-state index in [2.05, 4.69) is 37.8 Å². The summed E-state index contributed by atoms with van der Waals surface area (Å²) in [7, 11) is 0. The second kappa shape index (κ2) is 7.29. The van der Waals surface area contributed by atoms with Crippen LogP contribution in [-0.4, -0.2) is 31.1 Å². The summed E-state index contributed by atoms with van der Waals surface area (Å²) in [4.78, 5) is 2.41. The van der Waals surface area contributed by atoms with E-state index in [1.807, 2.05) is 12.1 Å². The van der Waals surface area contributed by atoms with Crippen molar-refractivity contribution in [2.24, 2.45) is 0 Å². The van der Waals surface area contributed by atoms with E-state index in [1.165, 1.54) is 12.0 Å². The highest BCUT2D eigenvalue weighted by Crippen LogP contribution is 2.11. The highest BCUT2D eigenvalue weighted by atomic mass is 16.5. The maximum absolute atomic E-state index is 5.70. The van der Waals surface area contributed by atoms with Gasteiger partial charge in [0.05, 0.1) is 0 Å². The molecule has 0 saturated carbocycles. The minimum absolute atomic E-state index is 0.775. The van der Waals surface area contributed by atoms with Gasteiger partial charge in [0.2, 0.25) is 0 Å². The van der Waals surface area contributed by atoms with Crippen molar-refractivity contribution in [3.63, 3.8) is 0 Å². The van der Waals surface area contributed by atoms with Crippen molar-refractivity contribution in [1.82, 2.24) is 4.90 Å². The molecule has 90 valence electrons. The fourth-order valence-corrected chi connectivity index (χ4v) is 1.67. The van der Waals surface area contributed by atoms with Crippen LogP contribution in [0.3, 0.4) is 0 Å². The number of aryl methyl sites for hydroxylation is 1. The topological polar surface area (TPSA) is 12.5 Å². The molecule has 0 saturated heterocycles. The van der Waals surface area contributed by atoms with Gasteiger partial charge in [-0.3, -0.25) is 0 Å². The van der Waals surface area contributed by atoms with Gasteiger partial charge in [0.1, 0.15) is 12.4 Å². The van der Waals surface area contributed by atoms with Gasteiger partial charge in [-0.1, -0.05) is 31.5 Å². The lowest BCUT2D eigenvalue weighted by Gasteiger charge is -2.19. The van der Waals surface area contributed by atoms with E-state index in [9.17, 15) is 0 Å². The molecule has 0 aromatic heterocycles. The third kappa shape index (κ3) is 4.67. The summed E-state index contributed by atoms with van der Waals surface area (Å²) in [6, 6.07) is 8.23. The Balaban J connectivity index is 2.26. The molecule has 1 rings (SSSR count). The molecule has 1 aromatic rings. The van der Waals surface area contributed by atoms with Crippen LogP contribution in [0.2, 0.25) is 0 Å². The summed E-state index contributed by atoms with van der Waals surface area (Å²) in [5, 5.41) is 0. The van der Waals surface area contributed by atoms with Gasteiger partial charge in [-0.05, 0) is 38.6 Å². The van der Waals surface area contributed by atoms with Gasteiger partial charge in [0.25, 0.3) is 0 Å². The van der Waals surface area contributed by atoms with E-state index in [0.29, 0.717) is 0 Å². The molecule has 16 heavy (non-hydrogen) atoms. The van der Waals surface area contributed by atoms with Gasteiger partial charge in [-0.25, -0.2) is 0 Å². The van der Waals surface area contributed by atoms with Crippen molar-refractivity contribution in [2.45, 2.75) is 27.2 Å². The molecular formula is C14H23NO. The summed E-state index contributed by atoms with van der Waals surface area (Å²) >= 11 is 0. The molecule has 0 bridgehead atoms. The number of ether oxygens (including phenoxy) is 1. The van der Waals surface area contributed by atoms with Crippen molar-refractivity contribution in [1.29, 1.82) is 0 Å². The van der Waals surface area contributed by atoms with Crippen LogP contribution in [0, 0.1) is 6.92 Å². The summed E-state index contributed by atoms with van der Waals surface area (Å²) in [6.07, 6.45) is 1.21. The molecule has 0 N–H and O–H groups in total. The van der Waals surface area contributed by atoms with Gasteiger partial charge >= 0.3 is 0 Å². The molecule has 0 amide bonds. The number of hydrogen-bond acceptors (Lipinski definition) is 2. The minimum Gasteiger partial charge on any atom is -0.492 e. The SMILES string of the molecule is CCCN(CC)CCOc1ccc(C)cc1. The molecule has 0 aliphatic rings. The number of nitrogens with zero attached hydrogens (tertiary/aromatic N) is 1. The third-order valence-corrected chi connectivity index (χ3v) is 2.68. The maximum atomic E-state index is 5.70. The van der Waals surface area contributed by atoms with E-state index < -0.39 is 0 Å². The molecule has 0 aliphatic heterocycles. The van der Waals surface area contributed by atoms with Gasteiger partial charge < -0.3 is 9.64 Å². The molecule has 0 unspecified atom stereocenters.